The Morgan fingerprint density at radius 3 is 1.70 bits per heavy atom. The highest BCUT2D eigenvalue weighted by Crippen LogP contribution is 2.26. The minimum atomic E-state index is -1.71. The van der Waals surface area contributed by atoms with Gasteiger partial charge in [0.15, 0.2) is 12.6 Å². The topological polar surface area (TPSA) is 214 Å². The van der Waals surface area contributed by atoms with E-state index in [9.17, 15) is 40.5 Å². The van der Waals surface area contributed by atoms with E-state index in [2.05, 4.69) is 74.6 Å². The Labute approximate surface area is 358 Å². The van der Waals surface area contributed by atoms with Crippen molar-refractivity contribution in [2.75, 3.05) is 33.0 Å². The molecule has 2 rings (SSSR count). The number of hydrogen-bond donors (Lipinski definition) is 7. The number of unbranched alkanes of at least 4 members (excludes halogenated alkanes) is 9. The van der Waals surface area contributed by atoms with Gasteiger partial charge in [-0.15, -0.1) is 0 Å². The van der Waals surface area contributed by atoms with Crippen molar-refractivity contribution in [3.05, 3.63) is 60.8 Å². The van der Waals surface area contributed by atoms with Gasteiger partial charge in [0, 0.05) is 13.0 Å². The Bertz CT molecular complexity index is 1220. The second kappa shape index (κ2) is 34.2. The summed E-state index contributed by atoms with van der Waals surface area (Å²) in [5.41, 5.74) is 0. The maximum absolute atomic E-state index is 12.8. The van der Waals surface area contributed by atoms with E-state index < -0.39 is 86.7 Å². The Hall–Kier alpha value is -2.31. The van der Waals surface area contributed by atoms with Crippen LogP contribution in [0.15, 0.2) is 60.8 Å². The first-order chi connectivity index (χ1) is 29.1. The summed E-state index contributed by atoms with van der Waals surface area (Å²) in [6.45, 7) is 3.40. The van der Waals surface area contributed by atoms with Crippen LogP contribution in [0.2, 0.25) is 0 Å². The van der Waals surface area contributed by atoms with E-state index in [4.69, 9.17) is 28.4 Å². The third kappa shape index (κ3) is 22.7. The monoisotopic (exact) mass is 855 g/mol. The van der Waals surface area contributed by atoms with Crippen LogP contribution in [0.4, 0.5) is 0 Å². The fourth-order valence-electron chi connectivity index (χ4n) is 6.60. The molecule has 7 N–H and O–H groups in total. The molecule has 2 aliphatic rings. The molecule has 0 amide bonds. The lowest BCUT2D eigenvalue weighted by atomic mass is 9.98. The average molecular weight is 855 g/mol. The number of rotatable bonds is 33. The van der Waals surface area contributed by atoms with Crippen LogP contribution in [0.1, 0.15) is 123 Å². The van der Waals surface area contributed by atoms with Gasteiger partial charge in [0.05, 0.1) is 26.4 Å². The molecule has 0 radical (unpaired) electrons. The summed E-state index contributed by atoms with van der Waals surface area (Å²) in [6.07, 6.45) is 21.9. The number of carbonyl (C=O) groups is 1. The van der Waals surface area contributed by atoms with Crippen molar-refractivity contribution in [3.63, 3.8) is 0 Å². The van der Waals surface area contributed by atoms with Gasteiger partial charge in [0.1, 0.15) is 54.9 Å². The molecule has 0 aromatic rings. The van der Waals surface area contributed by atoms with Crippen LogP contribution in [-0.4, -0.2) is 142 Å². The van der Waals surface area contributed by atoms with Gasteiger partial charge in [0.25, 0.3) is 0 Å². The quantitative estimate of drug-likeness (QED) is 0.0263. The molecule has 2 fully saturated rings. The maximum Gasteiger partial charge on any atom is 0.306 e. The lowest BCUT2D eigenvalue weighted by Crippen LogP contribution is -2.61. The summed E-state index contributed by atoms with van der Waals surface area (Å²) in [7, 11) is 0. The first-order valence-electron chi connectivity index (χ1n) is 22.4. The zero-order valence-corrected chi connectivity index (χ0v) is 36.2. The highest BCUT2D eigenvalue weighted by atomic mass is 16.7. The second-order valence-corrected chi connectivity index (χ2v) is 15.5. The summed E-state index contributed by atoms with van der Waals surface area (Å²) < 4.78 is 34.0. The Balaban J connectivity index is 1.76. The standard InChI is InChI=1S/C46H78O14/c1-3-5-7-9-11-12-13-14-15-16-17-18-19-20-21-22-23-24-26-28-30-55-32-35(58-38(48)29-27-25-10-8-6-4-2)33-56-45-44(54)42(52)40(50)37(60-45)34-57-46-43(53)41(51)39(49)36(31-47)59-46/h5,7,11-12,14-15,17-18,20-21,35-37,39-47,49-54H,3-4,6,8-10,13,16,19,22-34H2,1-2H3/b7-5-,12-11-,15-14-,18-17-,21-20-. The van der Waals surface area contributed by atoms with E-state index in [-0.39, 0.29) is 19.6 Å². The fourth-order valence-corrected chi connectivity index (χ4v) is 6.60. The van der Waals surface area contributed by atoms with Crippen molar-refractivity contribution in [2.45, 2.75) is 191 Å². The third-order valence-corrected chi connectivity index (χ3v) is 10.3. The number of allylic oxidation sites excluding steroid dienone is 10. The molecule has 0 aliphatic carbocycles. The first kappa shape index (κ1) is 53.8. The third-order valence-electron chi connectivity index (χ3n) is 10.3. The van der Waals surface area contributed by atoms with Crippen LogP contribution in [0.5, 0.6) is 0 Å². The number of carbonyl (C=O) groups excluding carboxylic acids is 1. The van der Waals surface area contributed by atoms with Crippen molar-refractivity contribution in [1.82, 2.24) is 0 Å². The number of aliphatic hydroxyl groups is 7. The molecule has 2 heterocycles. The molecule has 0 saturated carbocycles. The molecule has 0 spiro atoms. The van der Waals surface area contributed by atoms with E-state index in [1.807, 2.05) is 0 Å². The summed E-state index contributed by atoms with van der Waals surface area (Å²) >= 11 is 0. The van der Waals surface area contributed by atoms with Gasteiger partial charge in [-0.3, -0.25) is 4.79 Å². The molecule has 14 nitrogen and oxygen atoms in total. The van der Waals surface area contributed by atoms with E-state index in [0.717, 1.165) is 96.3 Å². The van der Waals surface area contributed by atoms with Crippen molar-refractivity contribution < 1.29 is 69.0 Å². The maximum atomic E-state index is 12.8. The van der Waals surface area contributed by atoms with E-state index in [1.54, 1.807) is 0 Å². The molecule has 60 heavy (non-hydrogen) atoms. The van der Waals surface area contributed by atoms with E-state index >= 15 is 0 Å². The van der Waals surface area contributed by atoms with E-state index in [1.165, 1.54) is 0 Å². The molecular weight excluding hydrogens is 776 g/mol. The van der Waals surface area contributed by atoms with Gasteiger partial charge in [-0.1, -0.05) is 120 Å². The van der Waals surface area contributed by atoms with Gasteiger partial charge in [0.2, 0.25) is 0 Å². The molecule has 346 valence electrons. The SMILES string of the molecule is CC/C=C\C/C=C\C/C=C\C/C=C\C/C=C\CCCCCCOCC(COC1OC(COC2OC(CO)C(O)C(O)C2O)C(O)C(O)C1O)OC(=O)CCCCCCCC. The van der Waals surface area contributed by atoms with Gasteiger partial charge < -0.3 is 64.2 Å². The predicted octanol–water partition coefficient (Wildman–Crippen LogP) is 5.01. The Kier molecular flexibility index (Phi) is 30.7. The predicted molar refractivity (Wildman–Crippen MR) is 229 cm³/mol. The van der Waals surface area contributed by atoms with Crippen molar-refractivity contribution in [3.8, 4) is 0 Å². The summed E-state index contributed by atoms with van der Waals surface area (Å²) in [5.74, 6) is -0.399. The molecule has 11 atom stereocenters. The summed E-state index contributed by atoms with van der Waals surface area (Å²) in [6, 6.07) is 0. The normalized spacial score (nSPS) is 28.3. The fraction of sp³-hybridized carbons (Fsp3) is 0.761. The average Bonchev–Trinajstić information content (AvgIpc) is 3.24. The van der Waals surface area contributed by atoms with Crippen LogP contribution >= 0.6 is 0 Å². The number of esters is 1. The van der Waals surface area contributed by atoms with Crippen LogP contribution in [0.3, 0.4) is 0 Å². The minimum Gasteiger partial charge on any atom is -0.457 e. The molecule has 0 bridgehead atoms. The Morgan fingerprint density at radius 2 is 1.08 bits per heavy atom. The van der Waals surface area contributed by atoms with Gasteiger partial charge in [-0.2, -0.15) is 0 Å². The van der Waals surface area contributed by atoms with Crippen molar-refractivity contribution in [1.29, 1.82) is 0 Å². The number of hydrogen-bond acceptors (Lipinski definition) is 14. The van der Waals surface area contributed by atoms with Crippen LogP contribution in [-0.2, 0) is 33.2 Å². The van der Waals surface area contributed by atoms with Gasteiger partial charge in [-0.05, 0) is 57.8 Å². The molecule has 0 aromatic carbocycles. The first-order valence-corrected chi connectivity index (χ1v) is 22.4. The Morgan fingerprint density at radius 1 is 0.567 bits per heavy atom. The molecule has 14 heteroatoms. The smallest absolute Gasteiger partial charge is 0.306 e. The minimum absolute atomic E-state index is 0.0416. The number of ether oxygens (including phenoxy) is 6. The van der Waals surface area contributed by atoms with Crippen LogP contribution in [0, 0.1) is 0 Å². The zero-order chi connectivity index (χ0) is 43.8. The van der Waals surface area contributed by atoms with Crippen LogP contribution in [0.25, 0.3) is 0 Å². The van der Waals surface area contributed by atoms with Gasteiger partial charge in [-0.25, -0.2) is 0 Å². The summed E-state index contributed by atoms with van der Waals surface area (Å²) in [5, 5.41) is 71.7. The van der Waals surface area contributed by atoms with Gasteiger partial charge >= 0.3 is 5.97 Å². The van der Waals surface area contributed by atoms with Crippen molar-refractivity contribution in [2.24, 2.45) is 0 Å². The largest absolute Gasteiger partial charge is 0.457 e. The molecule has 0 aromatic heterocycles. The number of aliphatic hydroxyl groups excluding tert-OH is 7. The molecule has 2 aliphatic heterocycles. The zero-order valence-electron chi connectivity index (χ0n) is 36.2. The lowest BCUT2D eigenvalue weighted by molar-refractivity contribution is -0.332. The highest BCUT2D eigenvalue weighted by Gasteiger charge is 2.47. The molecular formula is C46H78O14. The van der Waals surface area contributed by atoms with Crippen LogP contribution < -0.4 is 0 Å². The summed E-state index contributed by atoms with van der Waals surface area (Å²) in [4.78, 5) is 12.8. The lowest BCUT2D eigenvalue weighted by Gasteiger charge is -2.42. The second-order valence-electron chi connectivity index (χ2n) is 15.5. The highest BCUT2D eigenvalue weighted by molar-refractivity contribution is 5.69. The van der Waals surface area contributed by atoms with E-state index in [0.29, 0.717) is 13.0 Å². The molecule has 2 saturated heterocycles. The van der Waals surface area contributed by atoms with Crippen molar-refractivity contribution >= 4 is 5.97 Å². The molecule has 11 unspecified atom stereocenters.